The number of nitrogens with zero attached hydrogens (tertiary/aromatic N) is 3. The minimum Gasteiger partial charge on any atom is -0.508 e. The second kappa shape index (κ2) is 18.1. The van der Waals surface area contributed by atoms with Gasteiger partial charge in [-0.2, -0.15) is 0 Å². The fraction of sp³-hybridized carbons (Fsp3) is 0.500. The number of rotatable bonds is 9. The number of carbonyl (C=O) groups is 4. The molecule has 4 atom stereocenters. The van der Waals surface area contributed by atoms with Crippen molar-refractivity contribution >= 4 is 34.6 Å². The number of cyclic esters (lactones) is 1. The SMILES string of the molecule is CCn1c(-c2cccnc2[C@H](C)OC)c2c3cc(ccc31)-c1cc(O)cc(c1)C[C@H](NC(=O)[C@@H](NC(C)=O)C(C)(C)OC)C(=O)N1CCC[C@@H](CC(=O)OCC(C)(C)C2)N1. The van der Waals surface area contributed by atoms with Gasteiger partial charge in [0.2, 0.25) is 11.8 Å². The summed E-state index contributed by atoms with van der Waals surface area (Å²) < 4.78 is 19.7. The molecule has 1 saturated heterocycles. The lowest BCUT2D eigenvalue weighted by atomic mass is 9.84. The van der Waals surface area contributed by atoms with E-state index >= 15 is 0 Å². The molecule has 0 unspecified atom stereocenters. The number of ether oxygens (including phenoxy) is 3. The molecule has 4 aromatic rings. The summed E-state index contributed by atoms with van der Waals surface area (Å²) in [5, 5.41) is 19.3. The summed E-state index contributed by atoms with van der Waals surface area (Å²) in [6, 6.07) is 12.8. The van der Waals surface area contributed by atoms with Gasteiger partial charge in [-0.15, -0.1) is 0 Å². The van der Waals surface area contributed by atoms with Gasteiger partial charge in [-0.3, -0.25) is 29.2 Å². The van der Waals surface area contributed by atoms with E-state index in [1.54, 1.807) is 39.3 Å². The van der Waals surface area contributed by atoms with Crippen LogP contribution in [0.2, 0.25) is 0 Å². The van der Waals surface area contributed by atoms with E-state index < -0.39 is 40.8 Å². The Morgan fingerprint density at radius 3 is 2.57 bits per heavy atom. The summed E-state index contributed by atoms with van der Waals surface area (Å²) >= 11 is 0. The van der Waals surface area contributed by atoms with Crippen molar-refractivity contribution in [2.45, 2.75) is 117 Å². The van der Waals surface area contributed by atoms with Crippen LogP contribution < -0.4 is 16.1 Å². The van der Waals surface area contributed by atoms with Crippen molar-refractivity contribution in [3.63, 3.8) is 0 Å². The molecule has 322 valence electrons. The van der Waals surface area contributed by atoms with E-state index in [0.29, 0.717) is 37.9 Å². The first-order valence-corrected chi connectivity index (χ1v) is 20.8. The third kappa shape index (κ3) is 9.66. The van der Waals surface area contributed by atoms with Crippen LogP contribution in [-0.4, -0.2) is 94.5 Å². The van der Waals surface area contributed by atoms with E-state index in [0.717, 1.165) is 44.5 Å². The summed E-state index contributed by atoms with van der Waals surface area (Å²) in [5.74, 6) is -1.87. The van der Waals surface area contributed by atoms with Crippen LogP contribution in [0.25, 0.3) is 33.3 Å². The Labute approximate surface area is 352 Å². The molecule has 6 rings (SSSR count). The minimum absolute atomic E-state index is 0.00351. The van der Waals surface area contributed by atoms with Gasteiger partial charge < -0.3 is 34.5 Å². The highest BCUT2D eigenvalue weighted by Gasteiger charge is 2.39. The van der Waals surface area contributed by atoms with E-state index in [-0.39, 0.29) is 43.3 Å². The fourth-order valence-electron chi connectivity index (χ4n) is 8.42. The molecule has 0 spiro atoms. The minimum atomic E-state index is -1.13. The quantitative estimate of drug-likeness (QED) is 0.152. The second-order valence-corrected chi connectivity index (χ2v) is 17.4. The number of carbonyl (C=O) groups excluding carboxylic acids is 4. The molecule has 2 aliphatic heterocycles. The number of hydrogen-bond donors (Lipinski definition) is 4. The first kappa shape index (κ1) is 44.2. The molecule has 60 heavy (non-hydrogen) atoms. The summed E-state index contributed by atoms with van der Waals surface area (Å²) in [5.41, 5.74) is 8.62. The van der Waals surface area contributed by atoms with Crippen LogP contribution >= 0.6 is 0 Å². The zero-order chi connectivity index (χ0) is 43.5. The molecule has 0 radical (unpaired) electrons. The van der Waals surface area contributed by atoms with E-state index in [1.165, 1.54) is 19.0 Å². The molecule has 0 aliphatic carbocycles. The third-order valence-corrected chi connectivity index (χ3v) is 11.7. The Hall–Kier alpha value is -5.31. The van der Waals surface area contributed by atoms with Crippen molar-refractivity contribution in [3.05, 3.63) is 71.5 Å². The van der Waals surface area contributed by atoms with Crippen LogP contribution in [0.5, 0.6) is 5.75 Å². The van der Waals surface area contributed by atoms with Gasteiger partial charge in [0.1, 0.15) is 17.8 Å². The highest BCUT2D eigenvalue weighted by molar-refractivity contribution is 5.96. The number of methoxy groups -OCH3 is 2. The normalized spacial score (nSPS) is 19.8. The number of benzene rings is 2. The van der Waals surface area contributed by atoms with Crippen LogP contribution in [0.1, 0.15) is 90.7 Å². The Balaban J connectivity index is 1.52. The van der Waals surface area contributed by atoms with Crippen LogP contribution in [0, 0.1) is 5.41 Å². The molecule has 6 bridgehead atoms. The molecule has 2 aromatic carbocycles. The average Bonchev–Trinajstić information content (AvgIpc) is 3.51. The number of pyridine rings is 1. The smallest absolute Gasteiger partial charge is 0.307 e. The molecule has 1 fully saturated rings. The van der Waals surface area contributed by atoms with Crippen molar-refractivity contribution in [1.82, 2.24) is 30.6 Å². The first-order chi connectivity index (χ1) is 28.4. The number of hydrazine groups is 1. The fourth-order valence-corrected chi connectivity index (χ4v) is 8.42. The molecule has 14 heteroatoms. The average molecular weight is 825 g/mol. The van der Waals surface area contributed by atoms with Crippen molar-refractivity contribution in [1.29, 1.82) is 0 Å². The number of aromatic hydroxyl groups is 1. The summed E-state index contributed by atoms with van der Waals surface area (Å²) in [7, 11) is 3.12. The lowest BCUT2D eigenvalue weighted by molar-refractivity contribution is -0.150. The highest BCUT2D eigenvalue weighted by Crippen LogP contribution is 2.42. The van der Waals surface area contributed by atoms with Crippen molar-refractivity contribution in [2.75, 3.05) is 27.4 Å². The van der Waals surface area contributed by atoms with Crippen LogP contribution in [0.15, 0.2) is 54.7 Å². The molecule has 4 N–H and O–H groups in total. The Bertz CT molecular complexity index is 2250. The third-order valence-electron chi connectivity index (χ3n) is 11.7. The Morgan fingerprint density at radius 1 is 1.10 bits per heavy atom. The standard InChI is InChI=1S/C46H60N6O8/c1-10-51-38-16-15-30-23-35(38)36(41(51)34-14-11-17-47-40(34)27(2)58-8)25-45(4,5)26-60-39(55)24-32-13-12-18-52(50-32)44(57)37(21-29-19-31(30)22-33(54)20-29)49-43(56)42(48-28(3)53)46(6,7)59-9/h11,14-17,19-20,22-23,27,32,37,42,50,54H,10,12-13,18,21,24-26H2,1-9H3,(H,48,53)(H,49,56)/t27-,32-,37-,42+/m0/s1. The maximum Gasteiger partial charge on any atom is 0.307 e. The van der Waals surface area contributed by atoms with Gasteiger partial charge in [-0.1, -0.05) is 26.0 Å². The Kier molecular flexibility index (Phi) is 13.4. The molecular formula is C46H60N6O8. The number of esters is 1. The topological polar surface area (TPSA) is 173 Å². The molecule has 3 amide bonds. The number of phenolic OH excluding ortho intramolecular Hbond substituents is 1. The van der Waals surface area contributed by atoms with Gasteiger partial charge in [-0.05, 0) is 106 Å². The maximum absolute atomic E-state index is 14.5. The molecule has 2 aliphatic rings. The molecule has 2 aromatic heterocycles. The number of fused-ring (bicyclic) bond motifs is 6. The molecule has 4 heterocycles. The first-order valence-electron chi connectivity index (χ1n) is 20.8. The van der Waals surface area contributed by atoms with Crippen LogP contribution in [0.3, 0.4) is 0 Å². The molecule has 0 saturated carbocycles. The number of hydrogen-bond acceptors (Lipinski definition) is 10. The molecular weight excluding hydrogens is 765 g/mol. The van der Waals surface area contributed by atoms with E-state index in [1.807, 2.05) is 25.1 Å². The van der Waals surface area contributed by atoms with Crippen LogP contribution in [0.4, 0.5) is 0 Å². The number of nitrogens with one attached hydrogen (secondary N) is 3. The van der Waals surface area contributed by atoms with Gasteiger partial charge in [-0.25, -0.2) is 5.43 Å². The van der Waals surface area contributed by atoms with E-state index in [2.05, 4.69) is 59.6 Å². The number of amides is 3. The summed E-state index contributed by atoms with van der Waals surface area (Å²) in [6.45, 7) is 14.1. The van der Waals surface area contributed by atoms with E-state index in [9.17, 15) is 24.3 Å². The zero-order valence-electron chi connectivity index (χ0n) is 36.3. The predicted molar refractivity (Wildman–Crippen MR) is 229 cm³/mol. The van der Waals surface area contributed by atoms with Gasteiger partial charge >= 0.3 is 5.97 Å². The van der Waals surface area contributed by atoms with Crippen molar-refractivity contribution < 1.29 is 38.5 Å². The lowest BCUT2D eigenvalue weighted by Crippen LogP contribution is -2.63. The second-order valence-electron chi connectivity index (χ2n) is 17.4. The number of aromatic nitrogens is 2. The lowest BCUT2D eigenvalue weighted by Gasteiger charge is -2.37. The monoisotopic (exact) mass is 824 g/mol. The van der Waals surface area contributed by atoms with Gasteiger partial charge in [0.25, 0.3) is 5.91 Å². The highest BCUT2D eigenvalue weighted by atomic mass is 16.5. The largest absolute Gasteiger partial charge is 0.508 e. The van der Waals surface area contributed by atoms with Crippen LogP contribution in [-0.2, 0) is 52.8 Å². The maximum atomic E-state index is 14.5. The van der Waals surface area contributed by atoms with Crippen molar-refractivity contribution in [3.8, 4) is 28.1 Å². The van der Waals surface area contributed by atoms with Crippen molar-refractivity contribution in [2.24, 2.45) is 5.41 Å². The van der Waals surface area contributed by atoms with Gasteiger partial charge in [0.15, 0.2) is 0 Å². The van der Waals surface area contributed by atoms with Gasteiger partial charge in [0, 0.05) is 74.8 Å². The summed E-state index contributed by atoms with van der Waals surface area (Å²) in [4.78, 5) is 59.1. The van der Waals surface area contributed by atoms with Gasteiger partial charge in [0.05, 0.1) is 36.1 Å². The number of phenols is 1. The zero-order valence-corrected chi connectivity index (χ0v) is 36.3. The molecule has 14 nitrogen and oxygen atoms in total. The predicted octanol–water partition coefficient (Wildman–Crippen LogP) is 5.77. The van der Waals surface area contributed by atoms with E-state index in [4.69, 9.17) is 19.2 Å². The summed E-state index contributed by atoms with van der Waals surface area (Å²) in [6.07, 6.45) is 3.36. The Morgan fingerprint density at radius 2 is 1.87 bits per heavy atom. The number of aryl methyl sites for hydroxylation is 1.